The van der Waals surface area contributed by atoms with Crippen molar-refractivity contribution < 1.29 is 14.4 Å². The number of nitrogens with one attached hydrogen (secondary N) is 2. The largest absolute Gasteiger partial charge is 0.324 e. The predicted octanol–water partition coefficient (Wildman–Crippen LogP) is 3.84. The van der Waals surface area contributed by atoms with Gasteiger partial charge in [0.2, 0.25) is 17.7 Å². The summed E-state index contributed by atoms with van der Waals surface area (Å²) in [6.07, 6.45) is 8.87. The first kappa shape index (κ1) is 22.2. The quantitative estimate of drug-likeness (QED) is 0.511. The van der Waals surface area contributed by atoms with Crippen LogP contribution in [0, 0.1) is 18.8 Å². The molecule has 172 valence electrons. The van der Waals surface area contributed by atoms with Crippen molar-refractivity contribution in [1.82, 2.24) is 10.2 Å². The summed E-state index contributed by atoms with van der Waals surface area (Å²) in [5.74, 6) is -0.882. The molecule has 1 aromatic carbocycles. The van der Waals surface area contributed by atoms with E-state index in [9.17, 15) is 14.4 Å². The molecule has 32 heavy (non-hydrogen) atoms. The molecule has 4 aliphatic rings. The summed E-state index contributed by atoms with van der Waals surface area (Å²) >= 11 is 8.04. The lowest BCUT2D eigenvalue weighted by Crippen LogP contribution is -2.54. The van der Waals surface area contributed by atoms with E-state index in [2.05, 4.69) is 10.6 Å². The standard InChI is InChI=1S/C24H30ClN3O3S/c1-13-16(25)10-9-15-20(13)26-23(31)24(15)19-18(17(27-24)11-12-32-2)21(29)28(22(19)30)14-7-5-3-4-6-8-14/h9-10,14,17-19,27H,3-8,11-12H2,1-2H3,(H,26,31)/t17-,18-,19+,24-/m1/s1. The molecule has 5 rings (SSSR count). The Balaban J connectivity index is 1.61. The lowest BCUT2D eigenvalue weighted by molar-refractivity contribution is -0.145. The van der Waals surface area contributed by atoms with Crippen LogP contribution in [0.1, 0.15) is 56.1 Å². The second-order valence-corrected chi connectivity index (χ2v) is 11.0. The van der Waals surface area contributed by atoms with E-state index < -0.39 is 17.4 Å². The molecule has 2 N–H and O–H groups in total. The Labute approximate surface area is 198 Å². The van der Waals surface area contributed by atoms with Crippen LogP contribution in [0.15, 0.2) is 12.1 Å². The monoisotopic (exact) mass is 475 g/mol. The highest BCUT2D eigenvalue weighted by Crippen LogP contribution is 2.55. The van der Waals surface area contributed by atoms with Gasteiger partial charge in [-0.05, 0) is 49.8 Å². The van der Waals surface area contributed by atoms with Crippen LogP contribution in [0.3, 0.4) is 0 Å². The van der Waals surface area contributed by atoms with Crippen molar-refractivity contribution >= 4 is 46.8 Å². The van der Waals surface area contributed by atoms with Gasteiger partial charge in [0.05, 0.1) is 17.5 Å². The lowest BCUT2D eigenvalue weighted by Gasteiger charge is -2.32. The molecule has 3 heterocycles. The van der Waals surface area contributed by atoms with Gasteiger partial charge in [-0.2, -0.15) is 11.8 Å². The highest BCUT2D eigenvalue weighted by molar-refractivity contribution is 7.98. The summed E-state index contributed by atoms with van der Waals surface area (Å²) in [4.78, 5) is 42.8. The molecule has 0 radical (unpaired) electrons. The van der Waals surface area contributed by atoms with Gasteiger partial charge in [0.1, 0.15) is 5.54 Å². The lowest BCUT2D eigenvalue weighted by atomic mass is 9.76. The molecule has 0 aromatic heterocycles. The van der Waals surface area contributed by atoms with E-state index in [1.54, 1.807) is 22.7 Å². The van der Waals surface area contributed by atoms with Crippen molar-refractivity contribution in [3.05, 3.63) is 28.3 Å². The van der Waals surface area contributed by atoms with Crippen molar-refractivity contribution in [3.8, 4) is 0 Å². The number of benzene rings is 1. The average molecular weight is 476 g/mol. The van der Waals surface area contributed by atoms with E-state index in [1.807, 2.05) is 19.2 Å². The minimum Gasteiger partial charge on any atom is -0.324 e. The Bertz CT molecular complexity index is 977. The number of anilines is 1. The van der Waals surface area contributed by atoms with Gasteiger partial charge in [0.25, 0.3) is 0 Å². The second-order valence-electron chi connectivity index (χ2n) is 9.58. The van der Waals surface area contributed by atoms with Gasteiger partial charge in [-0.15, -0.1) is 0 Å². The van der Waals surface area contributed by atoms with Crippen molar-refractivity contribution in [2.45, 2.75) is 69.5 Å². The summed E-state index contributed by atoms with van der Waals surface area (Å²) in [7, 11) is 0. The van der Waals surface area contributed by atoms with Gasteiger partial charge in [-0.1, -0.05) is 43.4 Å². The van der Waals surface area contributed by atoms with Gasteiger partial charge in [0, 0.05) is 22.7 Å². The zero-order valence-corrected chi connectivity index (χ0v) is 20.2. The number of amides is 3. The molecule has 1 saturated carbocycles. The van der Waals surface area contributed by atoms with E-state index in [4.69, 9.17) is 11.6 Å². The maximum absolute atomic E-state index is 14.0. The maximum atomic E-state index is 14.0. The molecular formula is C24H30ClN3O3S. The van der Waals surface area contributed by atoms with E-state index in [0.717, 1.165) is 61.8 Å². The third kappa shape index (κ3) is 3.07. The topological polar surface area (TPSA) is 78.5 Å². The summed E-state index contributed by atoms with van der Waals surface area (Å²) in [6, 6.07) is 3.37. The summed E-state index contributed by atoms with van der Waals surface area (Å²) in [5, 5.41) is 7.08. The number of halogens is 1. The molecule has 0 unspecified atom stereocenters. The van der Waals surface area contributed by atoms with Crippen molar-refractivity contribution in [3.63, 3.8) is 0 Å². The SMILES string of the molecule is CSCC[C@H]1N[C@@]2(C(=O)Nc3c2ccc(Cl)c3C)[C@@H]2C(=O)N(C3CCCCCC3)C(=O)[C@@H]21. The van der Waals surface area contributed by atoms with E-state index in [-0.39, 0.29) is 29.8 Å². The second kappa shape index (κ2) is 8.33. The molecule has 0 bridgehead atoms. The number of nitrogens with zero attached hydrogens (tertiary/aromatic N) is 1. The van der Waals surface area contributed by atoms with Gasteiger partial charge in [0.15, 0.2) is 0 Å². The predicted molar refractivity (Wildman–Crippen MR) is 127 cm³/mol. The number of carbonyl (C=O) groups is 3. The maximum Gasteiger partial charge on any atom is 0.250 e. The van der Waals surface area contributed by atoms with Crippen LogP contribution < -0.4 is 10.6 Å². The summed E-state index contributed by atoms with van der Waals surface area (Å²) < 4.78 is 0. The van der Waals surface area contributed by atoms with Crippen molar-refractivity contribution in [2.75, 3.05) is 17.3 Å². The molecule has 8 heteroatoms. The first-order chi connectivity index (χ1) is 15.4. The fourth-order valence-electron chi connectivity index (χ4n) is 6.38. The molecule has 2 saturated heterocycles. The number of imide groups is 1. The normalized spacial score (nSPS) is 32.4. The third-order valence-electron chi connectivity index (χ3n) is 7.94. The molecule has 3 fully saturated rings. The molecule has 1 spiro atoms. The zero-order chi connectivity index (χ0) is 22.6. The molecule has 3 aliphatic heterocycles. The molecule has 1 aromatic rings. The smallest absolute Gasteiger partial charge is 0.250 e. The number of thioether (sulfide) groups is 1. The number of fused-ring (bicyclic) bond motifs is 4. The molecule has 4 atom stereocenters. The van der Waals surface area contributed by atoms with Crippen LogP contribution in [0.2, 0.25) is 5.02 Å². The Kier molecular flexibility index (Phi) is 5.79. The van der Waals surface area contributed by atoms with Crippen molar-refractivity contribution in [2.24, 2.45) is 11.8 Å². The van der Waals surface area contributed by atoms with Gasteiger partial charge >= 0.3 is 0 Å². The number of carbonyl (C=O) groups excluding carboxylic acids is 3. The first-order valence-corrected chi connectivity index (χ1v) is 13.4. The highest BCUT2D eigenvalue weighted by Gasteiger charge is 2.70. The number of likely N-dealkylation sites (tertiary alicyclic amines) is 1. The van der Waals surface area contributed by atoms with Crippen LogP contribution in [0.25, 0.3) is 0 Å². The Morgan fingerprint density at radius 3 is 2.53 bits per heavy atom. The van der Waals surface area contributed by atoms with Crippen LogP contribution in [0.4, 0.5) is 5.69 Å². The van der Waals surface area contributed by atoms with Crippen LogP contribution >= 0.6 is 23.4 Å². The molecule has 6 nitrogen and oxygen atoms in total. The summed E-state index contributed by atoms with van der Waals surface area (Å²) in [6.45, 7) is 1.87. The Morgan fingerprint density at radius 2 is 1.84 bits per heavy atom. The van der Waals surface area contributed by atoms with Gasteiger partial charge in [-0.3, -0.25) is 24.6 Å². The zero-order valence-electron chi connectivity index (χ0n) is 18.6. The van der Waals surface area contributed by atoms with Crippen LogP contribution in [-0.4, -0.2) is 46.7 Å². The number of hydrogen-bond acceptors (Lipinski definition) is 5. The third-order valence-corrected chi connectivity index (χ3v) is 8.99. The average Bonchev–Trinajstić information content (AvgIpc) is 3.24. The number of rotatable bonds is 4. The Morgan fingerprint density at radius 1 is 1.12 bits per heavy atom. The summed E-state index contributed by atoms with van der Waals surface area (Å²) in [5.41, 5.74) is 0.991. The Hall–Kier alpha value is -1.57. The minimum absolute atomic E-state index is 0.0442. The van der Waals surface area contributed by atoms with Crippen LogP contribution in [-0.2, 0) is 19.9 Å². The fourth-order valence-corrected chi connectivity index (χ4v) is 7.03. The van der Waals surface area contributed by atoms with E-state index >= 15 is 0 Å². The molecular weight excluding hydrogens is 446 g/mol. The van der Waals surface area contributed by atoms with Gasteiger partial charge < -0.3 is 5.32 Å². The first-order valence-electron chi connectivity index (χ1n) is 11.7. The number of hydrogen-bond donors (Lipinski definition) is 2. The minimum atomic E-state index is -1.22. The van der Waals surface area contributed by atoms with Crippen molar-refractivity contribution in [1.29, 1.82) is 0 Å². The fraction of sp³-hybridized carbons (Fsp3) is 0.625. The molecule has 1 aliphatic carbocycles. The highest BCUT2D eigenvalue weighted by atomic mass is 35.5. The molecule has 3 amide bonds. The van der Waals surface area contributed by atoms with Crippen LogP contribution in [0.5, 0.6) is 0 Å². The van der Waals surface area contributed by atoms with E-state index in [0.29, 0.717) is 10.7 Å². The van der Waals surface area contributed by atoms with E-state index in [1.165, 1.54) is 0 Å². The van der Waals surface area contributed by atoms with Gasteiger partial charge in [-0.25, -0.2) is 0 Å².